The molecule has 1 N–H and O–H groups in total. The fourth-order valence-electron chi connectivity index (χ4n) is 5.98. The number of amides is 3. The van der Waals surface area contributed by atoms with Gasteiger partial charge in [-0.1, -0.05) is 11.6 Å². The van der Waals surface area contributed by atoms with Crippen LogP contribution in [-0.2, 0) is 14.2 Å². The second kappa shape index (κ2) is 11.7. The zero-order valence-electron chi connectivity index (χ0n) is 27.3. The van der Waals surface area contributed by atoms with Crippen LogP contribution in [0.25, 0.3) is 21.9 Å². The topological polar surface area (TPSA) is 132 Å². The highest BCUT2D eigenvalue weighted by molar-refractivity contribution is 6.36. The van der Waals surface area contributed by atoms with E-state index in [0.717, 1.165) is 0 Å². The zero-order valence-corrected chi connectivity index (χ0v) is 28.0. The smallest absolute Gasteiger partial charge is 0.415 e. The lowest BCUT2D eigenvalue weighted by Gasteiger charge is -2.32. The number of hydrogen-bond acceptors (Lipinski definition) is 9. The number of ether oxygens (including phenoxy) is 4. The standard InChI is InChI=1S/C33H37ClFN5O7/c1-16-19(12-37-28-26(16)40(8-9-44-28)31(43)47-33(5,6)7)18-10-17-11-23(36-13-20(17)24(34)25(18)35)38-29(41)45-27-21-14-39(15-22(21)27)30(42)46-32(2,3)4/h10-13,21-22,27H,8-9,14-15H2,1-7H3,(H,36,38,41)/t21-,22+,27-. The highest BCUT2D eigenvalue weighted by Crippen LogP contribution is 2.48. The number of aromatic nitrogens is 2. The van der Waals surface area contributed by atoms with Gasteiger partial charge in [0.25, 0.3) is 0 Å². The quantitative estimate of drug-likeness (QED) is 0.294. The molecule has 47 heavy (non-hydrogen) atoms. The first-order valence-corrected chi connectivity index (χ1v) is 15.7. The Bertz CT molecular complexity index is 1780. The van der Waals surface area contributed by atoms with Gasteiger partial charge in [0.2, 0.25) is 5.88 Å². The van der Waals surface area contributed by atoms with E-state index in [1.54, 1.807) is 44.7 Å². The molecule has 3 aliphatic rings. The molecule has 1 saturated carbocycles. The van der Waals surface area contributed by atoms with E-state index >= 15 is 4.39 Å². The van der Waals surface area contributed by atoms with Crippen LogP contribution in [0.2, 0.25) is 5.02 Å². The average Bonchev–Trinajstić information content (AvgIpc) is 3.38. The Kier molecular flexibility index (Phi) is 8.10. The molecule has 250 valence electrons. The number of halogens is 2. The van der Waals surface area contributed by atoms with Crippen molar-refractivity contribution in [3.63, 3.8) is 0 Å². The first-order valence-electron chi connectivity index (χ1n) is 15.4. The van der Waals surface area contributed by atoms with Crippen molar-refractivity contribution >= 4 is 52.2 Å². The molecule has 14 heteroatoms. The maximum Gasteiger partial charge on any atom is 0.415 e. The third-order valence-electron chi connectivity index (χ3n) is 8.14. The lowest BCUT2D eigenvalue weighted by molar-refractivity contribution is 0.0244. The Morgan fingerprint density at radius 2 is 1.64 bits per heavy atom. The number of hydrogen-bond donors (Lipinski definition) is 1. The Morgan fingerprint density at radius 3 is 2.30 bits per heavy atom. The SMILES string of the molecule is Cc1c(-c2cc3cc(NC(=O)O[C@@H]4[C@@H]5CN(C(=O)OC(C)(C)C)C[C@@H]54)ncc3c(Cl)c2F)cnc2c1N(C(=O)OC(C)(C)C)CCO2. The average molecular weight is 670 g/mol. The van der Waals surface area contributed by atoms with Crippen LogP contribution < -0.4 is 15.0 Å². The van der Waals surface area contributed by atoms with Crippen molar-refractivity contribution in [3.8, 4) is 17.0 Å². The normalized spacial score (nSPS) is 20.2. The van der Waals surface area contributed by atoms with Gasteiger partial charge in [-0.3, -0.25) is 10.2 Å². The number of carbonyl (C=O) groups excluding carboxylic acids is 3. The van der Waals surface area contributed by atoms with Crippen molar-refractivity contribution in [2.24, 2.45) is 11.8 Å². The summed E-state index contributed by atoms with van der Waals surface area (Å²) in [4.78, 5) is 49.9. The van der Waals surface area contributed by atoms with Crippen LogP contribution in [-0.4, -0.2) is 76.7 Å². The van der Waals surface area contributed by atoms with E-state index in [1.165, 1.54) is 17.3 Å². The van der Waals surface area contributed by atoms with Crippen molar-refractivity contribution in [1.82, 2.24) is 14.9 Å². The number of likely N-dealkylation sites (tertiary alicyclic amines) is 1. The first-order chi connectivity index (χ1) is 22.0. The number of fused-ring (bicyclic) bond motifs is 3. The van der Waals surface area contributed by atoms with Crippen molar-refractivity contribution in [1.29, 1.82) is 0 Å². The lowest BCUT2D eigenvalue weighted by Crippen LogP contribution is -2.42. The fourth-order valence-corrected chi connectivity index (χ4v) is 6.24. The van der Waals surface area contributed by atoms with Crippen molar-refractivity contribution < 1.29 is 37.7 Å². The number of piperidine rings is 1. The molecule has 3 amide bonds. The van der Waals surface area contributed by atoms with Gasteiger partial charge in [-0.05, 0) is 71.5 Å². The van der Waals surface area contributed by atoms with E-state index in [4.69, 9.17) is 30.5 Å². The summed E-state index contributed by atoms with van der Waals surface area (Å²) in [7, 11) is 0. The molecular weight excluding hydrogens is 633 g/mol. The van der Waals surface area contributed by atoms with Crippen LogP contribution in [0.15, 0.2) is 24.5 Å². The number of rotatable bonds is 3. The monoisotopic (exact) mass is 669 g/mol. The van der Waals surface area contributed by atoms with E-state index in [0.29, 0.717) is 40.7 Å². The van der Waals surface area contributed by atoms with E-state index in [2.05, 4.69) is 15.3 Å². The second-order valence-electron chi connectivity index (χ2n) is 14.0. The molecule has 3 aromatic rings. The number of carbonyl (C=O) groups is 3. The van der Waals surface area contributed by atoms with Gasteiger partial charge in [0.1, 0.15) is 41.2 Å². The Labute approximate surface area is 276 Å². The Hall–Kier alpha value is -4.39. The molecule has 3 atom stereocenters. The van der Waals surface area contributed by atoms with Crippen LogP contribution in [0.1, 0.15) is 47.1 Å². The molecule has 4 heterocycles. The molecule has 0 radical (unpaired) electrons. The molecular formula is C33H37ClFN5O7. The highest BCUT2D eigenvalue weighted by atomic mass is 35.5. The number of nitrogens with one attached hydrogen (secondary N) is 1. The Morgan fingerprint density at radius 1 is 0.979 bits per heavy atom. The molecule has 1 aromatic carbocycles. The summed E-state index contributed by atoms with van der Waals surface area (Å²) >= 11 is 6.49. The van der Waals surface area contributed by atoms with E-state index in [9.17, 15) is 14.4 Å². The predicted molar refractivity (Wildman–Crippen MR) is 172 cm³/mol. The van der Waals surface area contributed by atoms with Gasteiger partial charge >= 0.3 is 18.3 Å². The van der Waals surface area contributed by atoms with Crippen LogP contribution >= 0.6 is 11.6 Å². The van der Waals surface area contributed by atoms with Gasteiger partial charge in [0.15, 0.2) is 0 Å². The number of nitrogens with zero attached hydrogens (tertiary/aromatic N) is 4. The maximum atomic E-state index is 15.8. The van der Waals surface area contributed by atoms with Crippen LogP contribution in [0.5, 0.6) is 5.88 Å². The van der Waals surface area contributed by atoms with Crippen molar-refractivity contribution in [3.05, 3.63) is 40.9 Å². The summed E-state index contributed by atoms with van der Waals surface area (Å²) in [5.41, 5.74) is 0.167. The Balaban J connectivity index is 1.20. The van der Waals surface area contributed by atoms with Gasteiger partial charge < -0.3 is 23.8 Å². The van der Waals surface area contributed by atoms with E-state index in [-0.39, 0.29) is 59.5 Å². The summed E-state index contributed by atoms with van der Waals surface area (Å²) in [5.74, 6) is -0.170. The minimum absolute atomic E-state index is 0.0484. The summed E-state index contributed by atoms with van der Waals surface area (Å²) in [6.45, 7) is 13.9. The van der Waals surface area contributed by atoms with Gasteiger partial charge in [-0.2, -0.15) is 0 Å². The minimum atomic E-state index is -0.723. The fraction of sp³-hybridized carbons (Fsp3) is 0.485. The van der Waals surface area contributed by atoms with Crippen molar-refractivity contribution in [2.45, 2.75) is 65.8 Å². The molecule has 2 fully saturated rings. The largest absolute Gasteiger partial charge is 0.474 e. The maximum absolute atomic E-state index is 15.8. The molecule has 1 saturated heterocycles. The predicted octanol–water partition coefficient (Wildman–Crippen LogP) is 6.95. The van der Waals surface area contributed by atoms with E-state index < -0.39 is 29.2 Å². The van der Waals surface area contributed by atoms with Gasteiger partial charge in [-0.15, -0.1) is 0 Å². The number of anilines is 2. The molecule has 6 rings (SSSR count). The molecule has 0 bridgehead atoms. The second-order valence-corrected chi connectivity index (χ2v) is 14.4. The number of pyridine rings is 2. The van der Waals surface area contributed by atoms with Gasteiger partial charge in [0, 0.05) is 53.8 Å². The molecule has 0 spiro atoms. The third kappa shape index (κ3) is 6.58. The lowest BCUT2D eigenvalue weighted by atomic mass is 9.97. The molecule has 2 aliphatic heterocycles. The third-order valence-corrected chi connectivity index (χ3v) is 8.51. The zero-order chi connectivity index (χ0) is 34.0. The molecule has 12 nitrogen and oxygen atoms in total. The summed E-state index contributed by atoms with van der Waals surface area (Å²) in [6.07, 6.45) is 0.906. The van der Waals surface area contributed by atoms with Crippen LogP contribution in [0, 0.1) is 24.6 Å². The molecule has 1 aliphatic carbocycles. The summed E-state index contributed by atoms with van der Waals surface area (Å²) in [5, 5.41) is 3.33. The van der Waals surface area contributed by atoms with Gasteiger partial charge in [0.05, 0.1) is 11.6 Å². The van der Waals surface area contributed by atoms with Crippen LogP contribution in [0.3, 0.4) is 0 Å². The van der Waals surface area contributed by atoms with Gasteiger partial charge in [-0.25, -0.2) is 28.7 Å². The van der Waals surface area contributed by atoms with E-state index in [1.807, 2.05) is 20.8 Å². The number of benzene rings is 1. The highest BCUT2D eigenvalue weighted by Gasteiger charge is 2.60. The summed E-state index contributed by atoms with van der Waals surface area (Å²) in [6, 6.07) is 3.16. The molecule has 2 aromatic heterocycles. The first kappa shape index (κ1) is 32.5. The summed E-state index contributed by atoms with van der Waals surface area (Å²) < 4.78 is 38.1. The minimum Gasteiger partial charge on any atom is -0.474 e. The van der Waals surface area contributed by atoms with Crippen LogP contribution in [0.4, 0.5) is 30.3 Å². The van der Waals surface area contributed by atoms with Crippen molar-refractivity contribution in [2.75, 3.05) is 36.5 Å². The molecule has 0 unspecified atom stereocenters.